The summed E-state index contributed by atoms with van der Waals surface area (Å²) in [6.45, 7) is 0. The van der Waals surface area contributed by atoms with Crippen LogP contribution in [0.5, 0.6) is 17.2 Å². The van der Waals surface area contributed by atoms with E-state index in [1.54, 1.807) is 0 Å². The molecule has 13 rings (SSSR count). The highest BCUT2D eigenvalue weighted by Gasteiger charge is 2.26. The lowest BCUT2D eigenvalue weighted by atomic mass is 9.59. The lowest BCUT2D eigenvalue weighted by Crippen LogP contribution is -2.35. The Labute approximate surface area is 376 Å². The second-order valence-electron chi connectivity index (χ2n) is 16.8. The standard InChI is InChI=1S/C60H38BN2O2/c64-57-35-41(44-19-4-9-24-52(44)63-55-27-12-7-22-47(55)48-23-8-13-28-56(48)63)29-31-49(57)50-34-42(40-18-14-17-39(33-40)38-15-2-1-3-16-38)36-59-60(50)61-51-32-30-43(37-58(51)65-59)62-53-25-10-5-20-45(53)46-21-6-11-26-54(46)62/h1-37,64H. The molecule has 0 atom stereocenters. The Bertz CT molecular complexity index is 3760. The molecule has 303 valence electrons. The van der Waals surface area contributed by atoms with Crippen LogP contribution in [0.25, 0.3) is 99.5 Å². The molecule has 0 fully saturated rings. The number of ether oxygens (including phenoxy) is 1. The number of hydrogen-bond acceptors (Lipinski definition) is 2. The van der Waals surface area contributed by atoms with Crippen molar-refractivity contribution in [3.63, 3.8) is 0 Å². The minimum absolute atomic E-state index is 0.192. The van der Waals surface area contributed by atoms with Gasteiger partial charge in [-0.25, -0.2) is 0 Å². The lowest BCUT2D eigenvalue weighted by Gasteiger charge is -2.25. The van der Waals surface area contributed by atoms with Crippen molar-refractivity contribution in [2.24, 2.45) is 0 Å². The van der Waals surface area contributed by atoms with E-state index in [4.69, 9.17) is 4.74 Å². The first kappa shape index (κ1) is 37.1. The third-order valence-electron chi connectivity index (χ3n) is 13.1. The molecule has 2 aromatic heterocycles. The number of benzene rings is 10. The Kier molecular flexibility index (Phi) is 8.43. The summed E-state index contributed by atoms with van der Waals surface area (Å²) in [5, 5.41) is 17.1. The molecule has 1 aliphatic rings. The number of rotatable bonds is 6. The molecule has 4 nitrogen and oxygen atoms in total. The molecule has 10 aromatic carbocycles. The number of nitrogens with zero attached hydrogens (tertiary/aromatic N) is 2. The van der Waals surface area contributed by atoms with E-state index in [1.165, 1.54) is 21.5 Å². The summed E-state index contributed by atoms with van der Waals surface area (Å²) in [5.74, 6) is 1.70. The number of fused-ring (bicyclic) bond motifs is 8. The fraction of sp³-hybridized carbons (Fsp3) is 0. The van der Waals surface area contributed by atoms with Gasteiger partial charge in [0.05, 0.1) is 27.8 Å². The van der Waals surface area contributed by atoms with Gasteiger partial charge in [-0.3, -0.25) is 0 Å². The zero-order chi connectivity index (χ0) is 43.0. The van der Waals surface area contributed by atoms with Crippen molar-refractivity contribution >= 4 is 61.8 Å². The van der Waals surface area contributed by atoms with Crippen LogP contribution in [0.3, 0.4) is 0 Å². The van der Waals surface area contributed by atoms with Crippen molar-refractivity contribution in [2.45, 2.75) is 0 Å². The zero-order valence-corrected chi connectivity index (χ0v) is 35.2. The highest BCUT2D eigenvalue weighted by Crippen LogP contribution is 2.42. The summed E-state index contributed by atoms with van der Waals surface area (Å²) in [4.78, 5) is 0. The van der Waals surface area contributed by atoms with Crippen LogP contribution in [-0.4, -0.2) is 21.5 Å². The van der Waals surface area contributed by atoms with Crippen LogP contribution >= 0.6 is 0 Å². The van der Waals surface area contributed by atoms with E-state index in [0.29, 0.717) is 0 Å². The van der Waals surface area contributed by atoms with Crippen molar-refractivity contribution in [1.29, 1.82) is 0 Å². The molecule has 0 amide bonds. The lowest BCUT2D eigenvalue weighted by molar-refractivity contribution is 0.477. The van der Waals surface area contributed by atoms with Gasteiger partial charge in [0.1, 0.15) is 17.2 Å². The monoisotopic (exact) mass is 829 g/mol. The maximum atomic E-state index is 12.3. The topological polar surface area (TPSA) is 39.3 Å². The van der Waals surface area contributed by atoms with Crippen molar-refractivity contribution in [2.75, 3.05) is 0 Å². The van der Waals surface area contributed by atoms with Gasteiger partial charge in [-0.05, 0) is 105 Å². The SMILES string of the molecule is Oc1cc(-c2ccccc2-n2c3ccccc3c3ccccc32)ccc1-c1cc(-c2cccc(-c3ccccc3)c2)cc2c1[B]c1ccc(-n3c4ccccc4c4ccccc43)cc1O2. The van der Waals surface area contributed by atoms with Gasteiger partial charge >= 0.3 is 0 Å². The Morgan fingerprint density at radius 3 is 1.58 bits per heavy atom. The minimum Gasteiger partial charge on any atom is -0.507 e. The summed E-state index contributed by atoms with van der Waals surface area (Å²) in [6.07, 6.45) is 0. The smallest absolute Gasteiger partial charge is 0.202 e. The molecule has 0 saturated carbocycles. The molecule has 0 unspecified atom stereocenters. The summed E-state index contributed by atoms with van der Waals surface area (Å²) < 4.78 is 11.7. The number of phenolic OH excluding ortho intramolecular Hbond substituents is 1. The summed E-state index contributed by atoms with van der Waals surface area (Å²) in [7, 11) is 2.20. The first-order valence-corrected chi connectivity index (χ1v) is 22.1. The second kappa shape index (κ2) is 14.8. The van der Waals surface area contributed by atoms with Gasteiger partial charge in [-0.1, -0.05) is 158 Å². The van der Waals surface area contributed by atoms with Gasteiger partial charge in [0.15, 0.2) is 0 Å². The van der Waals surface area contributed by atoms with Crippen LogP contribution in [0.2, 0.25) is 0 Å². The van der Waals surface area contributed by atoms with Crippen molar-refractivity contribution < 1.29 is 9.84 Å². The van der Waals surface area contributed by atoms with Crippen LogP contribution in [0, 0.1) is 0 Å². The number of aromatic hydroxyl groups is 1. The fourth-order valence-corrected chi connectivity index (χ4v) is 10.1. The highest BCUT2D eigenvalue weighted by atomic mass is 16.5. The Balaban J connectivity index is 0.952. The molecule has 0 spiro atoms. The van der Waals surface area contributed by atoms with E-state index >= 15 is 0 Å². The van der Waals surface area contributed by atoms with E-state index < -0.39 is 0 Å². The summed E-state index contributed by atoms with van der Waals surface area (Å²) in [6, 6.07) is 78.7. The maximum Gasteiger partial charge on any atom is 0.202 e. The second-order valence-corrected chi connectivity index (χ2v) is 16.8. The van der Waals surface area contributed by atoms with Gasteiger partial charge in [-0.15, -0.1) is 0 Å². The molecule has 0 saturated heterocycles. The van der Waals surface area contributed by atoms with E-state index in [1.807, 2.05) is 12.1 Å². The minimum atomic E-state index is 0.192. The van der Waals surface area contributed by atoms with Crippen LogP contribution in [0.4, 0.5) is 0 Å². The van der Waals surface area contributed by atoms with E-state index in [-0.39, 0.29) is 5.75 Å². The van der Waals surface area contributed by atoms with E-state index in [2.05, 4.69) is 229 Å². The molecule has 0 bridgehead atoms. The molecule has 1 aliphatic heterocycles. The average Bonchev–Trinajstić information content (AvgIpc) is 3.89. The van der Waals surface area contributed by atoms with Crippen LogP contribution in [0.15, 0.2) is 224 Å². The Hall–Kier alpha value is -8.54. The molecule has 0 aliphatic carbocycles. The maximum absolute atomic E-state index is 12.3. The van der Waals surface area contributed by atoms with Gasteiger partial charge in [0.2, 0.25) is 7.28 Å². The molecule has 1 radical (unpaired) electrons. The molecule has 5 heteroatoms. The van der Waals surface area contributed by atoms with Gasteiger partial charge in [0, 0.05) is 44.4 Å². The number of phenols is 1. The fourth-order valence-electron chi connectivity index (χ4n) is 10.1. The Morgan fingerprint density at radius 1 is 0.354 bits per heavy atom. The average molecular weight is 830 g/mol. The van der Waals surface area contributed by atoms with Crippen LogP contribution in [0.1, 0.15) is 0 Å². The largest absolute Gasteiger partial charge is 0.507 e. The highest BCUT2D eigenvalue weighted by molar-refractivity contribution is 6.71. The molecule has 3 heterocycles. The predicted octanol–water partition coefficient (Wildman–Crippen LogP) is 14.0. The normalized spacial score (nSPS) is 12.0. The van der Waals surface area contributed by atoms with Gasteiger partial charge < -0.3 is 19.0 Å². The predicted molar refractivity (Wildman–Crippen MR) is 270 cm³/mol. The molecule has 1 N–H and O–H groups in total. The third kappa shape index (κ3) is 6.01. The summed E-state index contributed by atoms with van der Waals surface area (Å²) >= 11 is 0. The van der Waals surface area contributed by atoms with Crippen molar-refractivity contribution in [3.8, 4) is 73.1 Å². The Morgan fingerprint density at radius 2 is 0.923 bits per heavy atom. The van der Waals surface area contributed by atoms with Crippen LogP contribution in [-0.2, 0) is 0 Å². The quantitative estimate of drug-likeness (QED) is 0.170. The third-order valence-corrected chi connectivity index (χ3v) is 13.1. The van der Waals surface area contributed by atoms with Crippen molar-refractivity contribution in [1.82, 2.24) is 9.13 Å². The first-order valence-electron chi connectivity index (χ1n) is 22.1. The van der Waals surface area contributed by atoms with E-state index in [9.17, 15) is 5.11 Å². The van der Waals surface area contributed by atoms with Gasteiger partial charge in [0.25, 0.3) is 0 Å². The summed E-state index contributed by atoms with van der Waals surface area (Å²) in [5.41, 5.74) is 16.4. The number of para-hydroxylation sites is 5. The molecular weight excluding hydrogens is 791 g/mol. The number of aromatic nitrogens is 2. The number of hydrogen-bond donors (Lipinski definition) is 1. The van der Waals surface area contributed by atoms with E-state index in [0.717, 1.165) is 100 Å². The molecule has 12 aromatic rings. The van der Waals surface area contributed by atoms with Crippen LogP contribution < -0.4 is 15.7 Å². The van der Waals surface area contributed by atoms with Crippen molar-refractivity contribution in [3.05, 3.63) is 224 Å². The molecule has 65 heavy (non-hydrogen) atoms. The van der Waals surface area contributed by atoms with Gasteiger partial charge in [-0.2, -0.15) is 0 Å². The zero-order valence-electron chi connectivity index (χ0n) is 35.2. The first-order chi connectivity index (χ1) is 32.1. The molecular formula is C60H38BN2O2.